The summed E-state index contributed by atoms with van der Waals surface area (Å²) in [6, 6.07) is 6.87. The predicted octanol–water partition coefficient (Wildman–Crippen LogP) is 6.51. The standard InChI is InChI=1S/C23H25FN4OS3/c1-4-10-30-21-25-18-15-12-29-23(3,5-2)11-17(15)32-19(18)20-26-27-22(28(20)21)31-13-14-8-6-7-9-16(14)24/h6-9H,4-5,10-13H2,1-3H3/t23-/m0/s1. The van der Waals surface area contributed by atoms with Crippen LogP contribution in [0.25, 0.3) is 15.9 Å². The number of nitrogens with zero attached hydrogens (tertiary/aromatic N) is 4. The Morgan fingerprint density at radius 3 is 2.81 bits per heavy atom. The molecule has 0 spiro atoms. The zero-order valence-electron chi connectivity index (χ0n) is 18.4. The van der Waals surface area contributed by atoms with E-state index < -0.39 is 0 Å². The molecule has 0 saturated carbocycles. The molecular formula is C23H25FN4OS3. The smallest absolute Gasteiger partial charge is 0.198 e. The van der Waals surface area contributed by atoms with E-state index in [0.717, 1.165) is 51.2 Å². The third kappa shape index (κ3) is 3.93. The van der Waals surface area contributed by atoms with Crippen LogP contribution in [0.2, 0.25) is 0 Å². The third-order valence-corrected chi connectivity index (χ3v) is 9.23. The van der Waals surface area contributed by atoms with E-state index in [9.17, 15) is 4.39 Å². The molecule has 4 aromatic rings. The molecule has 1 atom stereocenters. The molecule has 9 heteroatoms. The molecule has 1 aromatic carbocycles. The highest BCUT2D eigenvalue weighted by Gasteiger charge is 2.33. The van der Waals surface area contributed by atoms with Crippen LogP contribution in [0.1, 0.15) is 49.6 Å². The highest BCUT2D eigenvalue weighted by molar-refractivity contribution is 7.99. The van der Waals surface area contributed by atoms with Crippen LogP contribution < -0.4 is 0 Å². The molecule has 0 fully saturated rings. The summed E-state index contributed by atoms with van der Waals surface area (Å²) in [5.41, 5.74) is 3.56. The van der Waals surface area contributed by atoms with Crippen LogP contribution in [-0.2, 0) is 23.5 Å². The van der Waals surface area contributed by atoms with E-state index in [2.05, 4.69) is 35.4 Å². The van der Waals surface area contributed by atoms with E-state index in [4.69, 9.17) is 9.72 Å². The minimum atomic E-state index is -0.195. The molecule has 0 saturated heterocycles. The van der Waals surface area contributed by atoms with E-state index in [0.29, 0.717) is 17.9 Å². The van der Waals surface area contributed by atoms with Crippen molar-refractivity contribution in [2.75, 3.05) is 5.75 Å². The van der Waals surface area contributed by atoms with Gasteiger partial charge in [0.25, 0.3) is 0 Å². The summed E-state index contributed by atoms with van der Waals surface area (Å²) in [6.45, 7) is 7.10. The lowest BCUT2D eigenvalue weighted by Crippen LogP contribution is -2.33. The van der Waals surface area contributed by atoms with Gasteiger partial charge in [0, 0.05) is 28.4 Å². The number of aromatic nitrogens is 4. The van der Waals surface area contributed by atoms with Crippen LogP contribution in [0.5, 0.6) is 0 Å². The Labute approximate surface area is 199 Å². The van der Waals surface area contributed by atoms with Gasteiger partial charge in [0.1, 0.15) is 5.82 Å². The molecule has 1 aliphatic rings. The number of thiophene rings is 1. The maximum absolute atomic E-state index is 14.1. The molecule has 5 nitrogen and oxygen atoms in total. The first-order chi connectivity index (χ1) is 15.5. The van der Waals surface area contributed by atoms with Gasteiger partial charge in [-0.3, -0.25) is 0 Å². The van der Waals surface area contributed by atoms with Gasteiger partial charge in [-0.15, -0.1) is 21.5 Å². The Bertz CT molecular complexity index is 1290. The van der Waals surface area contributed by atoms with Crippen molar-refractivity contribution < 1.29 is 9.13 Å². The van der Waals surface area contributed by atoms with Crippen molar-refractivity contribution in [2.45, 2.75) is 68.3 Å². The predicted molar refractivity (Wildman–Crippen MR) is 130 cm³/mol. The monoisotopic (exact) mass is 488 g/mol. The first kappa shape index (κ1) is 22.1. The zero-order valence-corrected chi connectivity index (χ0v) is 20.8. The van der Waals surface area contributed by atoms with Gasteiger partial charge < -0.3 is 4.74 Å². The lowest BCUT2D eigenvalue weighted by atomic mass is 9.93. The van der Waals surface area contributed by atoms with Gasteiger partial charge in [-0.2, -0.15) is 0 Å². The molecule has 3 aromatic heterocycles. The lowest BCUT2D eigenvalue weighted by Gasteiger charge is -2.32. The first-order valence-corrected chi connectivity index (χ1v) is 13.6. The molecule has 168 valence electrons. The minimum absolute atomic E-state index is 0.127. The molecule has 0 radical (unpaired) electrons. The van der Waals surface area contributed by atoms with Gasteiger partial charge >= 0.3 is 0 Å². The minimum Gasteiger partial charge on any atom is -0.370 e. The highest BCUT2D eigenvalue weighted by Crippen LogP contribution is 2.42. The molecule has 4 heterocycles. The molecule has 0 amide bonds. The molecule has 0 N–H and O–H groups in total. The van der Waals surface area contributed by atoms with Crippen molar-refractivity contribution in [3.63, 3.8) is 0 Å². The van der Waals surface area contributed by atoms with Crippen LogP contribution in [-0.4, -0.2) is 30.9 Å². The molecular weight excluding hydrogens is 463 g/mol. The van der Waals surface area contributed by atoms with Gasteiger partial charge in [-0.1, -0.05) is 55.6 Å². The van der Waals surface area contributed by atoms with Gasteiger partial charge in [0.05, 0.1) is 22.4 Å². The van der Waals surface area contributed by atoms with Crippen molar-refractivity contribution in [3.8, 4) is 0 Å². The number of hydrogen-bond acceptors (Lipinski definition) is 7. The number of benzene rings is 1. The van der Waals surface area contributed by atoms with Crippen LogP contribution in [0.3, 0.4) is 0 Å². The van der Waals surface area contributed by atoms with Crippen LogP contribution in [0.15, 0.2) is 34.6 Å². The summed E-state index contributed by atoms with van der Waals surface area (Å²) in [7, 11) is 0. The first-order valence-electron chi connectivity index (χ1n) is 10.9. The van der Waals surface area contributed by atoms with Gasteiger partial charge in [-0.05, 0) is 31.4 Å². The average molecular weight is 489 g/mol. The Kier molecular flexibility index (Phi) is 6.17. The summed E-state index contributed by atoms with van der Waals surface area (Å²) in [6.07, 6.45) is 2.92. The van der Waals surface area contributed by atoms with Crippen molar-refractivity contribution in [1.29, 1.82) is 0 Å². The van der Waals surface area contributed by atoms with E-state index in [-0.39, 0.29) is 11.4 Å². The summed E-state index contributed by atoms with van der Waals surface area (Å²) in [5.74, 6) is 1.26. The second kappa shape index (κ2) is 8.93. The molecule has 0 aliphatic carbocycles. The zero-order chi connectivity index (χ0) is 22.3. The fraction of sp³-hybridized carbons (Fsp3) is 0.435. The van der Waals surface area contributed by atoms with Crippen LogP contribution in [0, 0.1) is 5.82 Å². The van der Waals surface area contributed by atoms with Crippen LogP contribution in [0.4, 0.5) is 4.39 Å². The topological polar surface area (TPSA) is 52.3 Å². The van der Waals surface area contributed by atoms with Crippen molar-refractivity contribution in [1.82, 2.24) is 19.6 Å². The van der Waals surface area contributed by atoms with Gasteiger partial charge in [-0.25, -0.2) is 13.8 Å². The van der Waals surface area contributed by atoms with E-state index in [1.165, 1.54) is 28.3 Å². The second-order valence-electron chi connectivity index (χ2n) is 8.21. The highest BCUT2D eigenvalue weighted by atomic mass is 32.2. The van der Waals surface area contributed by atoms with Crippen molar-refractivity contribution >= 4 is 50.7 Å². The Hall–Kier alpha value is -1.68. The maximum Gasteiger partial charge on any atom is 0.198 e. The number of ether oxygens (including phenoxy) is 1. The summed E-state index contributed by atoms with van der Waals surface area (Å²) in [4.78, 5) is 6.42. The summed E-state index contributed by atoms with van der Waals surface area (Å²) < 4.78 is 23.5. The molecule has 0 unspecified atom stereocenters. The van der Waals surface area contributed by atoms with E-state index in [1.807, 2.05) is 12.1 Å². The maximum atomic E-state index is 14.1. The van der Waals surface area contributed by atoms with Crippen LogP contribution >= 0.6 is 34.9 Å². The number of halogens is 1. The number of fused-ring (bicyclic) bond motifs is 5. The van der Waals surface area contributed by atoms with E-state index in [1.54, 1.807) is 29.2 Å². The summed E-state index contributed by atoms with van der Waals surface area (Å²) in [5, 5.41) is 10.7. The number of hydrogen-bond donors (Lipinski definition) is 0. The molecule has 1 aliphatic heterocycles. The number of thioether (sulfide) groups is 2. The quantitative estimate of drug-likeness (QED) is 0.218. The number of rotatable bonds is 7. The van der Waals surface area contributed by atoms with Crippen molar-refractivity contribution in [2.24, 2.45) is 0 Å². The van der Waals surface area contributed by atoms with Gasteiger partial charge in [0.2, 0.25) is 0 Å². The normalized spacial score (nSPS) is 18.5. The molecule has 5 rings (SSSR count). The Morgan fingerprint density at radius 1 is 1.19 bits per heavy atom. The third-order valence-electron chi connectivity index (χ3n) is 5.90. The molecule has 0 bridgehead atoms. The lowest BCUT2D eigenvalue weighted by molar-refractivity contribution is -0.0546. The Morgan fingerprint density at radius 2 is 2.03 bits per heavy atom. The van der Waals surface area contributed by atoms with Crippen molar-refractivity contribution in [3.05, 3.63) is 46.1 Å². The molecule has 32 heavy (non-hydrogen) atoms. The summed E-state index contributed by atoms with van der Waals surface area (Å²) >= 11 is 4.97. The SMILES string of the molecule is CCCSc1nc2c3c(sc2c2nnc(SCc4ccccc4F)n12)C[C@](C)(CC)OC3. The fourth-order valence-corrected chi connectivity index (χ4v) is 7.02. The van der Waals surface area contributed by atoms with Gasteiger partial charge in [0.15, 0.2) is 16.0 Å². The van der Waals surface area contributed by atoms with E-state index >= 15 is 0 Å². The average Bonchev–Trinajstić information content (AvgIpc) is 3.38. The largest absolute Gasteiger partial charge is 0.370 e. The fourth-order valence-electron chi connectivity index (χ4n) is 3.80. The Balaban J connectivity index is 1.60. The second-order valence-corrected chi connectivity index (χ2v) is 11.3.